The molecule has 0 spiro atoms. The first-order chi connectivity index (χ1) is 10.1. The average molecular weight is 291 g/mol. The minimum Gasteiger partial charge on any atom is -0.478 e. The zero-order chi connectivity index (χ0) is 15.2. The van der Waals surface area contributed by atoms with Crippen molar-refractivity contribution >= 4 is 17.3 Å². The third-order valence-corrected chi connectivity index (χ3v) is 4.21. The molecular weight excluding hydrogens is 266 g/mol. The maximum Gasteiger partial charge on any atom is 0.337 e. The number of nitrogens with two attached hydrogens (primary N) is 1. The van der Waals surface area contributed by atoms with Gasteiger partial charge in [0.05, 0.1) is 16.9 Å². The van der Waals surface area contributed by atoms with Crippen molar-refractivity contribution in [2.75, 3.05) is 30.7 Å². The topological polar surface area (TPSA) is 78.6 Å². The lowest BCUT2D eigenvalue weighted by atomic mass is 10.0. The third-order valence-electron chi connectivity index (χ3n) is 4.21. The van der Waals surface area contributed by atoms with E-state index in [1.807, 2.05) is 6.07 Å². The van der Waals surface area contributed by atoms with Crippen LogP contribution < -0.4 is 11.1 Å². The number of aromatic carboxylic acids is 1. The number of carboxylic acids is 1. The first-order valence-electron chi connectivity index (χ1n) is 7.69. The first-order valence-corrected chi connectivity index (χ1v) is 7.69. The number of piperidine rings is 1. The highest BCUT2D eigenvalue weighted by atomic mass is 16.4. The van der Waals surface area contributed by atoms with E-state index < -0.39 is 5.97 Å². The Labute approximate surface area is 126 Å². The van der Waals surface area contributed by atoms with E-state index in [0.717, 1.165) is 19.5 Å². The lowest BCUT2D eigenvalue weighted by Crippen LogP contribution is -2.38. The molecule has 5 heteroatoms. The van der Waals surface area contributed by atoms with Crippen LogP contribution in [-0.2, 0) is 0 Å². The van der Waals surface area contributed by atoms with Crippen LogP contribution in [0.25, 0.3) is 0 Å². The van der Waals surface area contributed by atoms with Gasteiger partial charge in [-0.1, -0.05) is 12.5 Å². The molecule has 1 unspecified atom stereocenters. The summed E-state index contributed by atoms with van der Waals surface area (Å²) in [5.41, 5.74) is 7.06. The molecule has 1 aliphatic heterocycles. The molecule has 1 fully saturated rings. The van der Waals surface area contributed by atoms with Crippen LogP contribution in [0.1, 0.15) is 43.0 Å². The monoisotopic (exact) mass is 291 g/mol. The Kier molecular flexibility index (Phi) is 5.44. The van der Waals surface area contributed by atoms with Gasteiger partial charge in [0.15, 0.2) is 0 Å². The fourth-order valence-corrected chi connectivity index (χ4v) is 2.90. The van der Waals surface area contributed by atoms with Crippen molar-refractivity contribution in [3.63, 3.8) is 0 Å². The molecule has 0 radical (unpaired) electrons. The lowest BCUT2D eigenvalue weighted by Gasteiger charge is -2.33. The summed E-state index contributed by atoms with van der Waals surface area (Å²) in [6, 6.07) is 5.75. The lowest BCUT2D eigenvalue weighted by molar-refractivity contribution is 0.0698. The number of hydrogen-bond donors (Lipinski definition) is 3. The van der Waals surface area contributed by atoms with Gasteiger partial charge in [-0.25, -0.2) is 4.79 Å². The van der Waals surface area contributed by atoms with Crippen molar-refractivity contribution in [2.24, 2.45) is 0 Å². The van der Waals surface area contributed by atoms with Crippen LogP contribution >= 0.6 is 0 Å². The van der Waals surface area contributed by atoms with Crippen molar-refractivity contribution in [2.45, 2.75) is 38.6 Å². The summed E-state index contributed by atoms with van der Waals surface area (Å²) < 4.78 is 0. The van der Waals surface area contributed by atoms with E-state index in [1.54, 1.807) is 6.07 Å². The Morgan fingerprint density at radius 3 is 3.00 bits per heavy atom. The van der Waals surface area contributed by atoms with Crippen LogP contribution in [0.5, 0.6) is 0 Å². The quantitative estimate of drug-likeness (QED) is 0.555. The van der Waals surface area contributed by atoms with E-state index in [4.69, 9.17) is 10.8 Å². The molecule has 0 aromatic heterocycles. The molecule has 1 aromatic rings. The normalized spacial score (nSPS) is 19.4. The standard InChI is InChI=1S/C16H25N3O2/c1-12-6-2-3-10-19(12)11-5-9-18-14-8-4-7-13(15(14)17)16(20)21/h4,7-8,12,18H,2-3,5-6,9-11,17H2,1H3,(H,20,21). The maximum absolute atomic E-state index is 11.0. The molecule has 1 aliphatic rings. The molecule has 21 heavy (non-hydrogen) atoms. The van der Waals surface area contributed by atoms with Crippen LogP contribution in [0.2, 0.25) is 0 Å². The summed E-state index contributed by atoms with van der Waals surface area (Å²) >= 11 is 0. The van der Waals surface area contributed by atoms with Gasteiger partial charge in [-0.2, -0.15) is 0 Å². The second kappa shape index (κ2) is 7.31. The number of rotatable bonds is 6. The van der Waals surface area contributed by atoms with E-state index in [-0.39, 0.29) is 5.56 Å². The highest BCUT2D eigenvalue weighted by molar-refractivity contribution is 5.97. The molecule has 116 valence electrons. The van der Waals surface area contributed by atoms with Gasteiger partial charge in [0.1, 0.15) is 0 Å². The summed E-state index contributed by atoms with van der Waals surface area (Å²) in [6.45, 7) is 5.36. The second-order valence-electron chi connectivity index (χ2n) is 5.73. The Bertz CT molecular complexity index is 490. The van der Waals surface area contributed by atoms with Crippen molar-refractivity contribution < 1.29 is 9.90 Å². The predicted molar refractivity (Wildman–Crippen MR) is 85.8 cm³/mol. The fraction of sp³-hybridized carbons (Fsp3) is 0.562. The van der Waals surface area contributed by atoms with Crippen molar-refractivity contribution in [3.8, 4) is 0 Å². The Balaban J connectivity index is 1.81. The summed E-state index contributed by atoms with van der Waals surface area (Å²) in [6.07, 6.45) is 4.96. The number of nitrogens with one attached hydrogen (secondary N) is 1. The summed E-state index contributed by atoms with van der Waals surface area (Å²) in [5.74, 6) is -0.988. The number of nitrogen functional groups attached to an aromatic ring is 1. The number of nitrogens with zero attached hydrogens (tertiary/aromatic N) is 1. The van der Waals surface area contributed by atoms with Crippen LogP contribution in [0, 0.1) is 0 Å². The molecule has 4 N–H and O–H groups in total. The van der Waals surface area contributed by atoms with E-state index in [1.165, 1.54) is 31.9 Å². The minimum atomic E-state index is -0.988. The Morgan fingerprint density at radius 2 is 2.29 bits per heavy atom. The molecule has 1 saturated heterocycles. The van der Waals surface area contributed by atoms with Crippen LogP contribution in [0.15, 0.2) is 18.2 Å². The highest BCUT2D eigenvalue weighted by Gasteiger charge is 2.17. The molecule has 1 heterocycles. The van der Waals surface area contributed by atoms with Crippen LogP contribution in [0.3, 0.4) is 0 Å². The number of para-hydroxylation sites is 1. The summed E-state index contributed by atoms with van der Waals surface area (Å²) in [5, 5.41) is 12.3. The third kappa shape index (κ3) is 4.11. The zero-order valence-corrected chi connectivity index (χ0v) is 12.6. The SMILES string of the molecule is CC1CCCCN1CCCNc1cccc(C(=O)O)c1N. The number of carbonyl (C=O) groups is 1. The first kappa shape index (κ1) is 15.6. The molecule has 1 aromatic carbocycles. The maximum atomic E-state index is 11.0. The molecule has 2 rings (SSSR count). The summed E-state index contributed by atoms with van der Waals surface area (Å²) in [4.78, 5) is 13.6. The van der Waals surface area contributed by atoms with Gasteiger partial charge < -0.3 is 21.1 Å². The number of anilines is 2. The molecule has 0 aliphatic carbocycles. The van der Waals surface area contributed by atoms with E-state index in [2.05, 4.69) is 17.1 Å². The fourth-order valence-electron chi connectivity index (χ4n) is 2.90. The van der Waals surface area contributed by atoms with E-state index in [9.17, 15) is 4.79 Å². The highest BCUT2D eigenvalue weighted by Crippen LogP contribution is 2.23. The van der Waals surface area contributed by atoms with Gasteiger partial charge >= 0.3 is 5.97 Å². The largest absolute Gasteiger partial charge is 0.478 e. The average Bonchev–Trinajstić information content (AvgIpc) is 2.46. The predicted octanol–water partition coefficient (Wildman–Crippen LogP) is 2.64. The molecule has 0 saturated carbocycles. The van der Waals surface area contributed by atoms with Gasteiger partial charge in [-0.05, 0) is 44.9 Å². The van der Waals surface area contributed by atoms with Crippen molar-refractivity contribution in [1.29, 1.82) is 0 Å². The van der Waals surface area contributed by atoms with Gasteiger partial charge in [0, 0.05) is 19.1 Å². The minimum absolute atomic E-state index is 0.157. The smallest absolute Gasteiger partial charge is 0.337 e. The van der Waals surface area contributed by atoms with Gasteiger partial charge in [0.2, 0.25) is 0 Å². The van der Waals surface area contributed by atoms with Gasteiger partial charge in [-0.3, -0.25) is 0 Å². The van der Waals surface area contributed by atoms with Gasteiger partial charge in [-0.15, -0.1) is 0 Å². The number of hydrogen-bond acceptors (Lipinski definition) is 4. The molecular formula is C16H25N3O2. The molecule has 1 atom stereocenters. The van der Waals surface area contributed by atoms with Gasteiger partial charge in [0.25, 0.3) is 0 Å². The summed E-state index contributed by atoms with van der Waals surface area (Å²) in [7, 11) is 0. The molecule has 0 bridgehead atoms. The van der Waals surface area contributed by atoms with Crippen LogP contribution in [0.4, 0.5) is 11.4 Å². The van der Waals surface area contributed by atoms with Crippen LogP contribution in [-0.4, -0.2) is 41.7 Å². The Morgan fingerprint density at radius 1 is 1.48 bits per heavy atom. The van der Waals surface area contributed by atoms with Crippen molar-refractivity contribution in [1.82, 2.24) is 4.90 Å². The van der Waals surface area contributed by atoms with Crippen molar-refractivity contribution in [3.05, 3.63) is 23.8 Å². The second-order valence-corrected chi connectivity index (χ2v) is 5.73. The number of benzene rings is 1. The Hall–Kier alpha value is -1.75. The molecule has 5 nitrogen and oxygen atoms in total. The van der Waals surface area contributed by atoms with E-state index >= 15 is 0 Å². The molecule has 0 amide bonds. The number of carboxylic acid groups (broad SMARTS) is 1. The zero-order valence-electron chi connectivity index (χ0n) is 12.6. The van der Waals surface area contributed by atoms with E-state index in [0.29, 0.717) is 17.4 Å². The number of likely N-dealkylation sites (tertiary alicyclic amines) is 1.